The van der Waals surface area contributed by atoms with Crippen LogP contribution in [-0.2, 0) is 18.9 Å². The van der Waals surface area contributed by atoms with Gasteiger partial charge in [0.1, 0.15) is 0 Å². The maximum absolute atomic E-state index is 5.64. The van der Waals surface area contributed by atoms with E-state index in [9.17, 15) is 0 Å². The van der Waals surface area contributed by atoms with E-state index in [2.05, 4.69) is 6.92 Å². The normalized spacial score (nSPS) is 26.2. The summed E-state index contributed by atoms with van der Waals surface area (Å²) in [5, 5.41) is 0. The van der Waals surface area contributed by atoms with Gasteiger partial charge in [-0.1, -0.05) is 6.92 Å². The summed E-state index contributed by atoms with van der Waals surface area (Å²) in [5.74, 6) is 0. The minimum Gasteiger partial charge on any atom is -0.380 e. The van der Waals surface area contributed by atoms with Gasteiger partial charge in [0.05, 0.1) is 39.6 Å². The van der Waals surface area contributed by atoms with Crippen molar-refractivity contribution in [1.29, 1.82) is 0 Å². The van der Waals surface area contributed by atoms with Gasteiger partial charge in [0.25, 0.3) is 0 Å². The Balaban J connectivity index is 1.61. The number of rotatable bonds is 5. The summed E-state index contributed by atoms with van der Waals surface area (Å²) in [7, 11) is 0. The quantitative estimate of drug-likeness (QED) is 0.692. The molecule has 2 fully saturated rings. The second kappa shape index (κ2) is 5.25. The summed E-state index contributed by atoms with van der Waals surface area (Å²) in [6.45, 7) is 6.71. The molecule has 0 unspecified atom stereocenters. The third-order valence-electron chi connectivity index (χ3n) is 3.12. The van der Waals surface area contributed by atoms with Gasteiger partial charge in [0, 0.05) is 5.41 Å². The van der Waals surface area contributed by atoms with Crippen LogP contribution in [0.5, 0.6) is 0 Å². The molecule has 0 aliphatic carbocycles. The molecule has 2 aliphatic heterocycles. The third-order valence-corrected chi connectivity index (χ3v) is 3.12. The summed E-state index contributed by atoms with van der Waals surface area (Å²) in [6, 6.07) is 0. The number of ether oxygens (including phenoxy) is 4. The molecule has 0 aromatic heterocycles. The van der Waals surface area contributed by atoms with E-state index in [-0.39, 0.29) is 11.7 Å². The van der Waals surface area contributed by atoms with Gasteiger partial charge in [-0.15, -0.1) is 0 Å². The van der Waals surface area contributed by atoms with Crippen LogP contribution in [0.2, 0.25) is 0 Å². The molecule has 0 amide bonds. The highest BCUT2D eigenvalue weighted by atomic mass is 16.7. The zero-order chi connectivity index (χ0) is 10.6. The SMILES string of the molecule is CCC1(COCC2OCCCO2)COC1. The van der Waals surface area contributed by atoms with Crippen molar-refractivity contribution in [2.45, 2.75) is 26.1 Å². The van der Waals surface area contributed by atoms with Crippen LogP contribution in [0.3, 0.4) is 0 Å². The zero-order valence-electron chi connectivity index (χ0n) is 9.37. The van der Waals surface area contributed by atoms with Crippen molar-refractivity contribution in [3.8, 4) is 0 Å². The minimum absolute atomic E-state index is 0.159. The van der Waals surface area contributed by atoms with E-state index in [0.717, 1.165) is 45.9 Å². The zero-order valence-corrected chi connectivity index (χ0v) is 9.37. The fourth-order valence-electron chi connectivity index (χ4n) is 1.78. The van der Waals surface area contributed by atoms with Crippen LogP contribution in [0.1, 0.15) is 19.8 Å². The molecule has 0 aromatic rings. The van der Waals surface area contributed by atoms with E-state index in [4.69, 9.17) is 18.9 Å². The molecule has 88 valence electrons. The van der Waals surface area contributed by atoms with Crippen LogP contribution in [0.25, 0.3) is 0 Å². The van der Waals surface area contributed by atoms with E-state index in [0.29, 0.717) is 6.61 Å². The van der Waals surface area contributed by atoms with Crippen LogP contribution < -0.4 is 0 Å². The Morgan fingerprint density at radius 2 is 2.00 bits per heavy atom. The van der Waals surface area contributed by atoms with E-state index in [1.54, 1.807) is 0 Å². The molecule has 2 rings (SSSR count). The minimum atomic E-state index is -0.159. The van der Waals surface area contributed by atoms with Crippen molar-refractivity contribution in [3.05, 3.63) is 0 Å². The summed E-state index contributed by atoms with van der Waals surface area (Å²) < 4.78 is 21.7. The van der Waals surface area contributed by atoms with Gasteiger partial charge < -0.3 is 18.9 Å². The molecule has 4 nitrogen and oxygen atoms in total. The molecule has 0 atom stereocenters. The van der Waals surface area contributed by atoms with E-state index in [1.807, 2.05) is 0 Å². The summed E-state index contributed by atoms with van der Waals surface area (Å²) in [5.41, 5.74) is 0.259. The van der Waals surface area contributed by atoms with Crippen LogP contribution in [0, 0.1) is 5.41 Å². The highest BCUT2D eigenvalue weighted by Crippen LogP contribution is 2.31. The first-order valence-corrected chi connectivity index (χ1v) is 5.73. The molecular weight excluding hydrogens is 196 g/mol. The van der Waals surface area contributed by atoms with Crippen molar-refractivity contribution in [2.75, 3.05) is 39.6 Å². The summed E-state index contributed by atoms with van der Waals surface area (Å²) in [6.07, 6.45) is 1.94. The monoisotopic (exact) mass is 216 g/mol. The van der Waals surface area contributed by atoms with Crippen LogP contribution in [0.15, 0.2) is 0 Å². The first-order valence-electron chi connectivity index (χ1n) is 5.73. The van der Waals surface area contributed by atoms with E-state index in [1.165, 1.54) is 0 Å². The van der Waals surface area contributed by atoms with Gasteiger partial charge in [-0.05, 0) is 12.8 Å². The van der Waals surface area contributed by atoms with Gasteiger partial charge >= 0.3 is 0 Å². The molecule has 0 aromatic carbocycles. The first-order chi connectivity index (χ1) is 7.35. The Kier molecular flexibility index (Phi) is 3.97. The van der Waals surface area contributed by atoms with E-state index < -0.39 is 0 Å². The highest BCUT2D eigenvalue weighted by molar-refractivity contribution is 4.83. The molecular formula is C11H20O4. The second-order valence-corrected chi connectivity index (χ2v) is 4.39. The molecule has 4 heteroatoms. The van der Waals surface area contributed by atoms with Gasteiger partial charge in [0.2, 0.25) is 0 Å². The Hall–Kier alpha value is -0.160. The lowest BCUT2D eigenvalue weighted by molar-refractivity contribution is -0.218. The largest absolute Gasteiger partial charge is 0.380 e. The molecule has 15 heavy (non-hydrogen) atoms. The van der Waals surface area contributed by atoms with Crippen LogP contribution >= 0.6 is 0 Å². The van der Waals surface area contributed by atoms with Crippen molar-refractivity contribution in [2.24, 2.45) is 5.41 Å². The Morgan fingerprint density at radius 1 is 1.27 bits per heavy atom. The molecule has 2 aliphatic rings. The topological polar surface area (TPSA) is 36.9 Å². The van der Waals surface area contributed by atoms with Gasteiger partial charge in [0.15, 0.2) is 6.29 Å². The fraction of sp³-hybridized carbons (Fsp3) is 1.00. The Morgan fingerprint density at radius 3 is 2.53 bits per heavy atom. The fourth-order valence-corrected chi connectivity index (χ4v) is 1.78. The van der Waals surface area contributed by atoms with Crippen molar-refractivity contribution in [3.63, 3.8) is 0 Å². The van der Waals surface area contributed by atoms with Crippen molar-refractivity contribution < 1.29 is 18.9 Å². The second-order valence-electron chi connectivity index (χ2n) is 4.39. The predicted octanol–water partition coefficient (Wildman–Crippen LogP) is 1.19. The highest BCUT2D eigenvalue weighted by Gasteiger charge is 2.37. The lowest BCUT2D eigenvalue weighted by atomic mass is 9.84. The molecule has 0 N–H and O–H groups in total. The summed E-state index contributed by atoms with van der Waals surface area (Å²) >= 11 is 0. The maximum Gasteiger partial charge on any atom is 0.180 e. The van der Waals surface area contributed by atoms with Crippen LogP contribution in [-0.4, -0.2) is 45.9 Å². The lowest BCUT2D eigenvalue weighted by Gasteiger charge is -2.40. The molecule has 0 bridgehead atoms. The van der Waals surface area contributed by atoms with Gasteiger partial charge in [-0.25, -0.2) is 0 Å². The van der Waals surface area contributed by atoms with E-state index >= 15 is 0 Å². The third kappa shape index (κ3) is 2.91. The van der Waals surface area contributed by atoms with Crippen molar-refractivity contribution in [1.82, 2.24) is 0 Å². The van der Waals surface area contributed by atoms with Crippen molar-refractivity contribution >= 4 is 0 Å². The average molecular weight is 216 g/mol. The average Bonchev–Trinajstić information content (AvgIpc) is 2.24. The molecule has 0 saturated carbocycles. The molecule has 2 heterocycles. The Labute approximate surface area is 90.8 Å². The first kappa shape index (κ1) is 11.3. The maximum atomic E-state index is 5.64. The van der Waals surface area contributed by atoms with Gasteiger partial charge in [-0.3, -0.25) is 0 Å². The van der Waals surface area contributed by atoms with Gasteiger partial charge in [-0.2, -0.15) is 0 Å². The van der Waals surface area contributed by atoms with Crippen LogP contribution in [0.4, 0.5) is 0 Å². The molecule has 2 saturated heterocycles. The lowest BCUT2D eigenvalue weighted by Crippen LogP contribution is -2.46. The number of hydrogen-bond acceptors (Lipinski definition) is 4. The molecule has 0 spiro atoms. The predicted molar refractivity (Wildman–Crippen MR) is 54.7 cm³/mol. The number of hydrogen-bond donors (Lipinski definition) is 0. The summed E-state index contributed by atoms with van der Waals surface area (Å²) in [4.78, 5) is 0. The molecule has 0 radical (unpaired) electrons. The smallest absolute Gasteiger partial charge is 0.180 e. The Bertz CT molecular complexity index is 180. The standard InChI is InChI=1S/C11H20O4/c1-2-11(8-13-9-11)7-12-6-10-14-4-3-5-15-10/h10H,2-9H2,1H3.